The van der Waals surface area contributed by atoms with Gasteiger partial charge < -0.3 is 10.1 Å². The molecule has 0 fully saturated rings. The third-order valence-electron chi connectivity index (χ3n) is 4.51. The van der Waals surface area contributed by atoms with E-state index in [9.17, 15) is 22.8 Å². The van der Waals surface area contributed by atoms with Crippen LogP contribution in [0, 0.1) is 0 Å². The summed E-state index contributed by atoms with van der Waals surface area (Å²) in [4.78, 5) is 29.3. The van der Waals surface area contributed by atoms with Crippen molar-refractivity contribution >= 4 is 39.1 Å². The number of esters is 1. The van der Waals surface area contributed by atoms with Crippen LogP contribution in [-0.2, 0) is 15.7 Å². The molecule has 1 N–H and O–H groups in total. The second-order valence-electron chi connectivity index (χ2n) is 6.70. The largest absolute Gasteiger partial charge is 0.452 e. The molecule has 0 unspecified atom stereocenters. The summed E-state index contributed by atoms with van der Waals surface area (Å²) >= 11 is 1.41. The smallest absolute Gasteiger partial charge is 0.418 e. The molecule has 0 saturated heterocycles. The molecule has 1 aromatic heterocycles. The lowest BCUT2D eigenvalue weighted by molar-refractivity contribution is -0.137. The maximum Gasteiger partial charge on any atom is 0.418 e. The third-order valence-corrected chi connectivity index (χ3v) is 5.58. The number of benzene rings is 3. The quantitative estimate of drug-likeness (QED) is 0.387. The molecule has 0 spiro atoms. The van der Waals surface area contributed by atoms with E-state index < -0.39 is 35.9 Å². The van der Waals surface area contributed by atoms with Gasteiger partial charge in [0.25, 0.3) is 5.91 Å². The first-order valence-electron chi connectivity index (χ1n) is 9.41. The van der Waals surface area contributed by atoms with Crippen LogP contribution in [0.5, 0.6) is 0 Å². The first kappa shape index (κ1) is 21.5. The van der Waals surface area contributed by atoms with Gasteiger partial charge in [0.1, 0.15) is 5.01 Å². The Hall–Kier alpha value is -3.72. The fourth-order valence-corrected chi connectivity index (χ4v) is 4.07. The van der Waals surface area contributed by atoms with Crippen molar-refractivity contribution < 1.29 is 27.5 Å². The minimum atomic E-state index is -4.63. The maximum absolute atomic E-state index is 13.1. The van der Waals surface area contributed by atoms with Crippen LogP contribution in [0.4, 0.5) is 18.9 Å². The molecule has 162 valence electrons. The Morgan fingerprint density at radius 2 is 1.62 bits per heavy atom. The van der Waals surface area contributed by atoms with E-state index in [1.807, 2.05) is 24.3 Å². The molecule has 32 heavy (non-hydrogen) atoms. The summed E-state index contributed by atoms with van der Waals surface area (Å²) < 4.78 is 45.2. The molecule has 0 aliphatic heterocycles. The number of thiazole rings is 1. The van der Waals surface area contributed by atoms with Crippen molar-refractivity contribution in [2.24, 2.45) is 0 Å². The summed E-state index contributed by atoms with van der Waals surface area (Å²) in [6.45, 7) is -0.737. The predicted octanol–water partition coefficient (Wildman–Crippen LogP) is 5.78. The number of ether oxygens (including phenoxy) is 1. The molecule has 0 saturated carbocycles. The average Bonchev–Trinajstić information content (AvgIpc) is 3.21. The normalized spacial score (nSPS) is 11.3. The first-order chi connectivity index (χ1) is 15.3. The SMILES string of the molecule is O=C(COC(=O)c1ccccc1-c1nc2ccccc2s1)Nc1ccccc1C(F)(F)F. The van der Waals surface area contributed by atoms with Crippen LogP contribution in [0.25, 0.3) is 20.8 Å². The summed E-state index contributed by atoms with van der Waals surface area (Å²) in [5, 5.41) is 2.75. The standard InChI is InChI=1S/C23H15F3N2O3S/c24-23(25,26)16-9-3-4-10-17(16)27-20(29)13-31-22(30)15-8-2-1-7-14(15)21-28-18-11-5-6-12-19(18)32-21/h1-12H,13H2,(H,27,29). The van der Waals surface area contributed by atoms with Gasteiger partial charge in [-0.2, -0.15) is 13.2 Å². The molecule has 0 aliphatic carbocycles. The van der Waals surface area contributed by atoms with E-state index in [4.69, 9.17) is 4.74 Å². The fraction of sp³-hybridized carbons (Fsp3) is 0.0870. The second-order valence-corrected chi connectivity index (χ2v) is 7.73. The Labute approximate surface area is 184 Å². The van der Waals surface area contributed by atoms with Crippen LogP contribution in [0.3, 0.4) is 0 Å². The number of halogens is 3. The van der Waals surface area contributed by atoms with E-state index in [-0.39, 0.29) is 5.56 Å². The number of carbonyl (C=O) groups is 2. The zero-order valence-electron chi connectivity index (χ0n) is 16.3. The molecule has 5 nitrogen and oxygen atoms in total. The molecule has 1 heterocycles. The number of aromatic nitrogens is 1. The Morgan fingerprint density at radius 1 is 0.938 bits per heavy atom. The van der Waals surface area contributed by atoms with Gasteiger partial charge in [-0.1, -0.05) is 42.5 Å². The highest BCUT2D eigenvalue weighted by molar-refractivity contribution is 7.21. The topological polar surface area (TPSA) is 68.3 Å². The first-order valence-corrected chi connectivity index (χ1v) is 10.2. The lowest BCUT2D eigenvalue weighted by Gasteiger charge is -2.13. The molecule has 1 amide bonds. The fourth-order valence-electron chi connectivity index (χ4n) is 3.07. The highest BCUT2D eigenvalue weighted by Crippen LogP contribution is 2.35. The highest BCUT2D eigenvalue weighted by Gasteiger charge is 2.33. The number of hydrogen-bond acceptors (Lipinski definition) is 5. The van der Waals surface area contributed by atoms with Crippen molar-refractivity contribution in [3.63, 3.8) is 0 Å². The number of alkyl halides is 3. The Balaban J connectivity index is 1.48. The van der Waals surface area contributed by atoms with Crippen molar-refractivity contribution in [3.05, 3.63) is 83.9 Å². The number of nitrogens with one attached hydrogen (secondary N) is 1. The van der Waals surface area contributed by atoms with Gasteiger partial charge >= 0.3 is 12.1 Å². The molecule has 3 aromatic carbocycles. The monoisotopic (exact) mass is 456 g/mol. The molecule has 0 aliphatic rings. The summed E-state index contributed by atoms with van der Waals surface area (Å²) in [6.07, 6.45) is -4.63. The van der Waals surface area contributed by atoms with Gasteiger partial charge in [-0.25, -0.2) is 9.78 Å². The van der Waals surface area contributed by atoms with Crippen molar-refractivity contribution in [3.8, 4) is 10.6 Å². The van der Waals surface area contributed by atoms with Gasteiger partial charge in [0.05, 0.1) is 27.0 Å². The van der Waals surface area contributed by atoms with Gasteiger partial charge in [0.15, 0.2) is 6.61 Å². The van der Waals surface area contributed by atoms with E-state index in [1.54, 1.807) is 24.3 Å². The van der Waals surface area contributed by atoms with Crippen molar-refractivity contribution in [2.45, 2.75) is 6.18 Å². The minimum absolute atomic E-state index is 0.204. The zero-order chi connectivity index (χ0) is 22.7. The Kier molecular flexibility index (Phi) is 5.91. The number of anilines is 1. The molecule has 4 rings (SSSR count). The molecule has 0 atom stereocenters. The predicted molar refractivity (Wildman–Crippen MR) is 115 cm³/mol. The molecule has 0 radical (unpaired) electrons. The zero-order valence-corrected chi connectivity index (χ0v) is 17.2. The van der Waals surface area contributed by atoms with E-state index in [0.717, 1.165) is 22.3 Å². The number of amides is 1. The lowest BCUT2D eigenvalue weighted by Crippen LogP contribution is -2.23. The van der Waals surface area contributed by atoms with Gasteiger partial charge in [0.2, 0.25) is 0 Å². The van der Waals surface area contributed by atoms with Crippen LogP contribution in [-0.4, -0.2) is 23.5 Å². The summed E-state index contributed by atoms with van der Waals surface area (Å²) in [6, 6.07) is 18.8. The number of carbonyl (C=O) groups excluding carboxylic acids is 2. The van der Waals surface area contributed by atoms with Crippen LogP contribution in [0.2, 0.25) is 0 Å². The van der Waals surface area contributed by atoms with Gasteiger partial charge in [-0.05, 0) is 30.3 Å². The second kappa shape index (κ2) is 8.80. The molecule has 4 aromatic rings. The maximum atomic E-state index is 13.1. The Morgan fingerprint density at radius 3 is 2.41 bits per heavy atom. The number of para-hydroxylation sites is 2. The number of fused-ring (bicyclic) bond motifs is 1. The number of hydrogen-bond donors (Lipinski definition) is 1. The molecular weight excluding hydrogens is 441 g/mol. The van der Waals surface area contributed by atoms with Crippen molar-refractivity contribution in [1.82, 2.24) is 4.98 Å². The number of rotatable bonds is 5. The molecule has 9 heteroatoms. The minimum Gasteiger partial charge on any atom is -0.452 e. The summed E-state index contributed by atoms with van der Waals surface area (Å²) in [5.74, 6) is -1.66. The van der Waals surface area contributed by atoms with Crippen molar-refractivity contribution in [1.29, 1.82) is 0 Å². The van der Waals surface area contributed by atoms with E-state index in [0.29, 0.717) is 10.6 Å². The number of nitrogens with zero attached hydrogens (tertiary/aromatic N) is 1. The summed E-state index contributed by atoms with van der Waals surface area (Å²) in [5.41, 5.74) is 0.145. The molecular formula is C23H15F3N2O3S. The molecule has 0 bridgehead atoms. The van der Waals surface area contributed by atoms with Crippen LogP contribution in [0.15, 0.2) is 72.8 Å². The van der Waals surface area contributed by atoms with E-state index in [1.165, 1.54) is 23.5 Å². The van der Waals surface area contributed by atoms with E-state index >= 15 is 0 Å². The Bertz CT molecular complexity index is 1270. The highest BCUT2D eigenvalue weighted by atomic mass is 32.1. The van der Waals surface area contributed by atoms with Crippen LogP contribution >= 0.6 is 11.3 Å². The van der Waals surface area contributed by atoms with Gasteiger partial charge in [-0.3, -0.25) is 4.79 Å². The average molecular weight is 456 g/mol. The third kappa shape index (κ3) is 4.62. The van der Waals surface area contributed by atoms with E-state index in [2.05, 4.69) is 10.3 Å². The van der Waals surface area contributed by atoms with Crippen molar-refractivity contribution in [2.75, 3.05) is 11.9 Å². The van der Waals surface area contributed by atoms with Gasteiger partial charge in [0, 0.05) is 5.56 Å². The summed E-state index contributed by atoms with van der Waals surface area (Å²) in [7, 11) is 0. The van der Waals surface area contributed by atoms with Crippen LogP contribution < -0.4 is 5.32 Å². The van der Waals surface area contributed by atoms with Gasteiger partial charge in [-0.15, -0.1) is 11.3 Å². The lowest BCUT2D eigenvalue weighted by atomic mass is 10.1. The van der Waals surface area contributed by atoms with Crippen LogP contribution in [0.1, 0.15) is 15.9 Å².